The highest BCUT2D eigenvalue weighted by Gasteiger charge is 2.19. The number of benzene rings is 3. The molecule has 0 bridgehead atoms. The number of halogens is 1. The number of imidazole rings is 1. The number of rotatable bonds is 1. The Morgan fingerprint density at radius 3 is 2.79 bits per heavy atom. The molecule has 0 radical (unpaired) electrons. The van der Waals surface area contributed by atoms with Crippen molar-refractivity contribution in [3.8, 4) is 22.6 Å². The summed E-state index contributed by atoms with van der Waals surface area (Å²) in [4.78, 5) is 4.12. The van der Waals surface area contributed by atoms with Gasteiger partial charge < -0.3 is 9.30 Å². The molecule has 0 saturated heterocycles. The summed E-state index contributed by atoms with van der Waals surface area (Å²) in [5.74, 6) is 0.972. The molecule has 2 heterocycles. The van der Waals surface area contributed by atoms with Crippen LogP contribution in [-0.2, 0) is 6.61 Å². The Morgan fingerprint density at radius 1 is 1.00 bits per heavy atom. The summed E-state index contributed by atoms with van der Waals surface area (Å²) in [5.41, 5.74) is 4.72. The topological polar surface area (TPSA) is 27.1 Å². The fourth-order valence-electron chi connectivity index (χ4n) is 3.32. The molecular formula is C20H13BrN2O. The lowest BCUT2D eigenvalue weighted by molar-refractivity contribution is 0.306. The third-order valence-corrected chi connectivity index (χ3v) is 4.98. The van der Waals surface area contributed by atoms with Crippen LogP contribution in [0, 0.1) is 0 Å². The van der Waals surface area contributed by atoms with E-state index in [2.05, 4.69) is 69.4 Å². The average Bonchev–Trinajstić information content (AvgIpc) is 3.15. The van der Waals surface area contributed by atoms with Gasteiger partial charge in [0.1, 0.15) is 12.4 Å². The van der Waals surface area contributed by atoms with Crippen LogP contribution in [0.1, 0.15) is 5.56 Å². The van der Waals surface area contributed by atoms with Gasteiger partial charge in [0, 0.05) is 33.5 Å². The quantitative estimate of drug-likeness (QED) is 0.447. The van der Waals surface area contributed by atoms with Gasteiger partial charge in [0.15, 0.2) is 0 Å². The molecule has 0 unspecified atom stereocenters. The van der Waals surface area contributed by atoms with Crippen LogP contribution in [0.3, 0.4) is 0 Å². The van der Waals surface area contributed by atoms with Gasteiger partial charge in [-0.15, -0.1) is 0 Å². The van der Waals surface area contributed by atoms with E-state index in [9.17, 15) is 0 Å². The Morgan fingerprint density at radius 2 is 1.92 bits per heavy atom. The average molecular weight is 377 g/mol. The van der Waals surface area contributed by atoms with Crippen LogP contribution in [0.25, 0.3) is 27.6 Å². The second kappa shape index (κ2) is 5.21. The second-order valence-electron chi connectivity index (χ2n) is 5.91. The normalized spacial score (nSPS) is 12.5. The van der Waals surface area contributed by atoms with E-state index in [4.69, 9.17) is 4.74 Å². The van der Waals surface area contributed by atoms with Crippen molar-refractivity contribution in [2.45, 2.75) is 6.61 Å². The molecule has 24 heavy (non-hydrogen) atoms. The van der Waals surface area contributed by atoms with Crippen molar-refractivity contribution in [2.24, 2.45) is 0 Å². The highest BCUT2D eigenvalue weighted by Crippen LogP contribution is 2.43. The van der Waals surface area contributed by atoms with Crippen molar-refractivity contribution < 1.29 is 4.74 Å². The minimum Gasteiger partial charge on any atom is -0.488 e. The summed E-state index contributed by atoms with van der Waals surface area (Å²) < 4.78 is 9.20. The van der Waals surface area contributed by atoms with Gasteiger partial charge in [0.25, 0.3) is 0 Å². The molecule has 0 amide bonds. The second-order valence-corrected chi connectivity index (χ2v) is 6.82. The van der Waals surface area contributed by atoms with E-state index < -0.39 is 0 Å². The molecule has 3 aromatic carbocycles. The zero-order valence-electron chi connectivity index (χ0n) is 12.7. The van der Waals surface area contributed by atoms with Crippen LogP contribution in [0.2, 0.25) is 0 Å². The number of hydrogen-bond donors (Lipinski definition) is 0. The van der Waals surface area contributed by atoms with Crippen molar-refractivity contribution >= 4 is 26.7 Å². The first-order valence-electron chi connectivity index (χ1n) is 7.76. The van der Waals surface area contributed by atoms with Gasteiger partial charge in [-0.25, -0.2) is 4.98 Å². The molecule has 4 aromatic rings. The molecule has 116 valence electrons. The van der Waals surface area contributed by atoms with Gasteiger partial charge >= 0.3 is 0 Å². The van der Waals surface area contributed by atoms with E-state index in [1.54, 1.807) is 6.20 Å². The van der Waals surface area contributed by atoms with Crippen molar-refractivity contribution in [2.75, 3.05) is 0 Å². The predicted octanol–water partition coefficient (Wildman–Crippen LogP) is 5.35. The van der Waals surface area contributed by atoms with Crippen LogP contribution in [0.5, 0.6) is 5.75 Å². The van der Waals surface area contributed by atoms with Crippen molar-refractivity contribution in [3.63, 3.8) is 0 Å². The SMILES string of the molecule is Brc1ccc2c(c1)COc1c-2ccc2cc(-n3ccnc3)ccc12. The number of hydrogen-bond acceptors (Lipinski definition) is 2. The fourth-order valence-corrected chi connectivity index (χ4v) is 3.73. The van der Waals surface area contributed by atoms with Crippen LogP contribution in [-0.4, -0.2) is 9.55 Å². The maximum Gasteiger partial charge on any atom is 0.135 e. The molecule has 1 aliphatic heterocycles. The highest BCUT2D eigenvalue weighted by atomic mass is 79.9. The molecule has 0 aliphatic carbocycles. The molecule has 5 rings (SSSR count). The largest absolute Gasteiger partial charge is 0.488 e. The van der Waals surface area contributed by atoms with Crippen LogP contribution in [0.15, 0.2) is 71.7 Å². The lowest BCUT2D eigenvalue weighted by Gasteiger charge is -2.22. The molecule has 0 N–H and O–H groups in total. The van der Waals surface area contributed by atoms with Crippen molar-refractivity contribution in [1.82, 2.24) is 9.55 Å². The Kier molecular flexibility index (Phi) is 3.00. The smallest absolute Gasteiger partial charge is 0.135 e. The van der Waals surface area contributed by atoms with Crippen LogP contribution in [0.4, 0.5) is 0 Å². The molecule has 1 aromatic heterocycles. The summed E-state index contributed by atoms with van der Waals surface area (Å²) >= 11 is 3.53. The Hall–Kier alpha value is -2.59. The minimum absolute atomic E-state index is 0.601. The van der Waals surface area contributed by atoms with Crippen LogP contribution < -0.4 is 4.74 Å². The van der Waals surface area contributed by atoms with Gasteiger partial charge in [-0.1, -0.05) is 28.1 Å². The van der Waals surface area contributed by atoms with Gasteiger partial charge in [-0.2, -0.15) is 0 Å². The van der Waals surface area contributed by atoms with E-state index >= 15 is 0 Å². The summed E-state index contributed by atoms with van der Waals surface area (Å²) in [7, 11) is 0. The van der Waals surface area contributed by atoms with Crippen molar-refractivity contribution in [3.05, 3.63) is 77.3 Å². The molecule has 3 nitrogen and oxygen atoms in total. The maximum absolute atomic E-state index is 6.11. The Balaban J connectivity index is 1.71. The molecular weight excluding hydrogens is 364 g/mol. The number of ether oxygens (including phenoxy) is 1. The van der Waals surface area contributed by atoms with Gasteiger partial charge in [0.05, 0.1) is 6.33 Å². The van der Waals surface area contributed by atoms with E-state index in [-0.39, 0.29) is 0 Å². The van der Waals surface area contributed by atoms with E-state index in [1.807, 2.05) is 17.1 Å². The Bertz CT molecular complexity index is 1070. The first kappa shape index (κ1) is 13.8. The van der Waals surface area contributed by atoms with Gasteiger partial charge in [0.2, 0.25) is 0 Å². The third kappa shape index (κ3) is 2.07. The molecule has 0 atom stereocenters. The summed E-state index contributed by atoms with van der Waals surface area (Å²) in [6, 6.07) is 17.1. The highest BCUT2D eigenvalue weighted by molar-refractivity contribution is 9.10. The predicted molar refractivity (Wildman–Crippen MR) is 98.5 cm³/mol. The number of aromatic nitrogens is 2. The standard InChI is InChI=1S/C20H13BrN2O/c21-15-2-5-17-14(9-15)11-24-20-18-6-3-16(23-8-7-22-12-23)10-13(18)1-4-19(17)20/h1-10,12H,11H2. The lowest BCUT2D eigenvalue weighted by atomic mass is 9.94. The summed E-state index contributed by atoms with van der Waals surface area (Å²) in [6.45, 7) is 0.601. The van der Waals surface area contributed by atoms with E-state index in [0.717, 1.165) is 26.9 Å². The molecule has 4 heteroatoms. The monoisotopic (exact) mass is 376 g/mol. The first-order chi connectivity index (χ1) is 11.8. The van der Waals surface area contributed by atoms with Crippen molar-refractivity contribution in [1.29, 1.82) is 0 Å². The van der Waals surface area contributed by atoms with Crippen LogP contribution >= 0.6 is 15.9 Å². The van der Waals surface area contributed by atoms with E-state index in [0.29, 0.717) is 6.61 Å². The van der Waals surface area contributed by atoms with Gasteiger partial charge in [-0.3, -0.25) is 0 Å². The lowest BCUT2D eigenvalue weighted by Crippen LogP contribution is -2.06. The molecule has 0 fully saturated rings. The molecule has 0 spiro atoms. The number of fused-ring (bicyclic) bond motifs is 5. The molecule has 0 saturated carbocycles. The van der Waals surface area contributed by atoms with Gasteiger partial charge in [-0.05, 0) is 52.9 Å². The third-order valence-electron chi connectivity index (χ3n) is 4.49. The maximum atomic E-state index is 6.11. The first-order valence-corrected chi connectivity index (χ1v) is 8.55. The fraction of sp³-hybridized carbons (Fsp3) is 0.0500. The molecule has 1 aliphatic rings. The number of nitrogens with zero attached hydrogens (tertiary/aromatic N) is 2. The zero-order valence-corrected chi connectivity index (χ0v) is 14.3. The zero-order chi connectivity index (χ0) is 16.1. The minimum atomic E-state index is 0.601. The summed E-state index contributed by atoms with van der Waals surface area (Å²) in [5, 5.41) is 2.31. The Labute approximate surface area is 147 Å². The van der Waals surface area contributed by atoms with E-state index in [1.165, 1.54) is 16.5 Å². The summed E-state index contributed by atoms with van der Waals surface area (Å²) in [6.07, 6.45) is 5.55.